The maximum absolute atomic E-state index is 13.0. The van der Waals surface area contributed by atoms with Crippen LogP contribution in [-0.2, 0) is 13.6 Å². The van der Waals surface area contributed by atoms with Gasteiger partial charge < -0.3 is 23.8 Å². The van der Waals surface area contributed by atoms with Crippen molar-refractivity contribution in [1.29, 1.82) is 0 Å². The van der Waals surface area contributed by atoms with Gasteiger partial charge in [0, 0.05) is 19.9 Å². The molecule has 0 aliphatic carbocycles. The molecule has 0 aliphatic heterocycles. The van der Waals surface area contributed by atoms with Gasteiger partial charge in [-0.3, -0.25) is 4.57 Å². The molecule has 0 amide bonds. The first-order valence-corrected chi connectivity index (χ1v) is 8.93. The monoisotopic (exact) mass is 351 g/mol. The first-order chi connectivity index (χ1) is 11.6. The molecule has 0 bridgehead atoms. The Morgan fingerprint density at radius 2 is 1.25 bits per heavy atom. The van der Waals surface area contributed by atoms with Crippen LogP contribution in [0.25, 0.3) is 0 Å². The zero-order valence-electron chi connectivity index (χ0n) is 14.2. The predicted octanol–water partition coefficient (Wildman–Crippen LogP) is 4.30. The molecule has 0 aliphatic rings. The Bertz CT molecular complexity index is 679. The number of hydrogen-bond donors (Lipinski definition) is 1. The molecule has 130 valence electrons. The molecule has 2 aromatic rings. The van der Waals surface area contributed by atoms with Gasteiger partial charge in [0.05, 0.1) is 14.2 Å². The van der Waals surface area contributed by atoms with E-state index in [9.17, 15) is 4.57 Å². The fourth-order valence-corrected chi connectivity index (χ4v) is 3.68. The molecule has 0 aromatic heterocycles. The fourth-order valence-electron chi connectivity index (χ4n) is 2.26. The normalized spacial score (nSPS) is 12.5. The SMILES string of the molecule is COc1ccc(NC(c2ccc(OC)cc2)P(=O)(OC)OC)cc1. The quantitative estimate of drug-likeness (QED) is 0.715. The van der Waals surface area contributed by atoms with E-state index in [1.165, 1.54) is 14.2 Å². The Morgan fingerprint density at radius 1 is 0.792 bits per heavy atom. The lowest BCUT2D eigenvalue weighted by Crippen LogP contribution is -2.13. The molecule has 24 heavy (non-hydrogen) atoms. The van der Waals surface area contributed by atoms with E-state index < -0.39 is 13.4 Å². The molecular weight excluding hydrogens is 329 g/mol. The van der Waals surface area contributed by atoms with Crippen LogP contribution in [-0.4, -0.2) is 28.4 Å². The van der Waals surface area contributed by atoms with Crippen molar-refractivity contribution >= 4 is 13.3 Å². The summed E-state index contributed by atoms with van der Waals surface area (Å²) in [5.74, 6) is 0.793. The van der Waals surface area contributed by atoms with Crippen molar-refractivity contribution in [3.05, 3.63) is 54.1 Å². The summed E-state index contributed by atoms with van der Waals surface area (Å²) >= 11 is 0. The van der Waals surface area contributed by atoms with Crippen LogP contribution in [0.4, 0.5) is 5.69 Å². The molecule has 0 spiro atoms. The van der Waals surface area contributed by atoms with E-state index >= 15 is 0 Å². The number of rotatable bonds is 8. The molecule has 6 nitrogen and oxygen atoms in total. The summed E-state index contributed by atoms with van der Waals surface area (Å²) in [4.78, 5) is 0. The van der Waals surface area contributed by atoms with E-state index in [4.69, 9.17) is 18.5 Å². The van der Waals surface area contributed by atoms with E-state index in [2.05, 4.69) is 5.32 Å². The van der Waals surface area contributed by atoms with E-state index in [1.807, 2.05) is 36.4 Å². The highest BCUT2D eigenvalue weighted by Gasteiger charge is 2.35. The summed E-state index contributed by atoms with van der Waals surface area (Å²) in [5, 5.41) is 3.22. The Hall–Kier alpha value is -2.01. The Balaban J connectivity index is 2.36. The van der Waals surface area contributed by atoms with E-state index in [1.54, 1.807) is 26.4 Å². The maximum Gasteiger partial charge on any atom is 0.356 e. The highest BCUT2D eigenvalue weighted by atomic mass is 31.2. The second-order valence-electron chi connectivity index (χ2n) is 4.95. The van der Waals surface area contributed by atoms with Gasteiger partial charge in [0.1, 0.15) is 11.5 Å². The fraction of sp³-hybridized carbons (Fsp3) is 0.294. The van der Waals surface area contributed by atoms with Crippen molar-refractivity contribution in [1.82, 2.24) is 0 Å². The molecule has 0 saturated heterocycles. The maximum atomic E-state index is 13.0. The van der Waals surface area contributed by atoms with Gasteiger partial charge in [-0.1, -0.05) is 12.1 Å². The van der Waals surface area contributed by atoms with Gasteiger partial charge in [-0.25, -0.2) is 0 Å². The first kappa shape index (κ1) is 18.3. The molecule has 1 atom stereocenters. The van der Waals surface area contributed by atoms with Gasteiger partial charge in [-0.2, -0.15) is 0 Å². The molecular formula is C17H22NO5P. The topological polar surface area (TPSA) is 66.0 Å². The molecule has 0 saturated carbocycles. The van der Waals surface area contributed by atoms with Crippen molar-refractivity contribution in [3.63, 3.8) is 0 Å². The van der Waals surface area contributed by atoms with E-state index in [-0.39, 0.29) is 0 Å². The van der Waals surface area contributed by atoms with Crippen LogP contribution in [0.3, 0.4) is 0 Å². The summed E-state index contributed by atoms with van der Waals surface area (Å²) in [6, 6.07) is 14.6. The number of benzene rings is 2. The highest BCUT2D eigenvalue weighted by Crippen LogP contribution is 2.59. The number of hydrogen-bond acceptors (Lipinski definition) is 6. The number of ether oxygens (including phenoxy) is 2. The smallest absolute Gasteiger partial charge is 0.356 e. The summed E-state index contributed by atoms with van der Waals surface area (Å²) < 4.78 is 33.7. The minimum atomic E-state index is -3.40. The second kappa shape index (κ2) is 8.20. The lowest BCUT2D eigenvalue weighted by molar-refractivity contribution is 0.268. The molecule has 1 N–H and O–H groups in total. The number of methoxy groups -OCH3 is 2. The standard InChI is InChI=1S/C17H22NO5P/c1-20-15-9-5-13(6-10-15)17(24(19,22-3)23-4)18-14-7-11-16(21-2)12-8-14/h5-12,17-18H,1-4H3. The van der Waals surface area contributed by atoms with Crippen molar-refractivity contribution in [2.24, 2.45) is 0 Å². The molecule has 0 fully saturated rings. The van der Waals surface area contributed by atoms with Crippen molar-refractivity contribution < 1.29 is 23.1 Å². The van der Waals surface area contributed by atoms with Crippen LogP contribution < -0.4 is 14.8 Å². The summed E-state index contributed by atoms with van der Waals surface area (Å²) in [5.41, 5.74) is 1.53. The summed E-state index contributed by atoms with van der Waals surface area (Å²) in [6.07, 6.45) is 0. The van der Waals surface area contributed by atoms with Gasteiger partial charge in [-0.05, 0) is 42.0 Å². The zero-order valence-corrected chi connectivity index (χ0v) is 15.1. The highest BCUT2D eigenvalue weighted by molar-refractivity contribution is 7.54. The van der Waals surface area contributed by atoms with Crippen LogP contribution in [0, 0.1) is 0 Å². The van der Waals surface area contributed by atoms with Crippen molar-refractivity contribution in [3.8, 4) is 11.5 Å². The van der Waals surface area contributed by atoms with Gasteiger partial charge in [0.15, 0.2) is 5.78 Å². The van der Waals surface area contributed by atoms with E-state index in [0.29, 0.717) is 5.75 Å². The minimum absolute atomic E-state index is 0.660. The predicted molar refractivity (Wildman–Crippen MR) is 94.0 cm³/mol. The van der Waals surface area contributed by atoms with Gasteiger partial charge in [0.2, 0.25) is 0 Å². The second-order valence-corrected chi connectivity index (χ2v) is 7.28. The van der Waals surface area contributed by atoms with Crippen molar-refractivity contribution in [2.45, 2.75) is 5.78 Å². The Morgan fingerprint density at radius 3 is 1.67 bits per heavy atom. The lowest BCUT2D eigenvalue weighted by atomic mass is 10.2. The van der Waals surface area contributed by atoms with E-state index in [0.717, 1.165) is 17.0 Å². The molecule has 2 rings (SSSR count). The molecule has 2 aromatic carbocycles. The Kier molecular flexibility index (Phi) is 6.26. The third-order valence-electron chi connectivity index (χ3n) is 3.65. The molecule has 0 radical (unpaired) electrons. The molecule has 7 heteroatoms. The van der Waals surface area contributed by atoms with Crippen LogP contribution in [0.15, 0.2) is 48.5 Å². The first-order valence-electron chi connectivity index (χ1n) is 7.32. The summed E-state index contributed by atoms with van der Waals surface area (Å²) in [7, 11) is 2.54. The van der Waals surface area contributed by atoms with Crippen LogP contribution in [0.5, 0.6) is 11.5 Å². The van der Waals surface area contributed by atoms with Gasteiger partial charge in [0.25, 0.3) is 0 Å². The van der Waals surface area contributed by atoms with Crippen LogP contribution in [0.1, 0.15) is 11.3 Å². The summed E-state index contributed by atoms with van der Waals surface area (Å²) in [6.45, 7) is 0. The van der Waals surface area contributed by atoms with Crippen LogP contribution in [0.2, 0.25) is 0 Å². The molecule has 1 unspecified atom stereocenters. The number of nitrogens with one attached hydrogen (secondary N) is 1. The largest absolute Gasteiger partial charge is 0.497 e. The zero-order chi connectivity index (χ0) is 17.6. The lowest BCUT2D eigenvalue weighted by Gasteiger charge is -2.26. The Labute approximate surface area is 142 Å². The third-order valence-corrected chi connectivity index (χ3v) is 5.73. The molecule has 0 heterocycles. The van der Waals surface area contributed by atoms with Crippen molar-refractivity contribution in [2.75, 3.05) is 33.8 Å². The number of anilines is 1. The minimum Gasteiger partial charge on any atom is -0.497 e. The average Bonchev–Trinajstić information content (AvgIpc) is 2.66. The van der Waals surface area contributed by atoms with Gasteiger partial charge >= 0.3 is 7.60 Å². The third kappa shape index (κ3) is 4.09. The average molecular weight is 351 g/mol. The van der Waals surface area contributed by atoms with Crippen LogP contribution >= 0.6 is 7.60 Å². The van der Waals surface area contributed by atoms with Gasteiger partial charge in [-0.15, -0.1) is 0 Å².